The molecule has 2 N–H and O–H groups in total. The summed E-state index contributed by atoms with van der Waals surface area (Å²) in [5, 5.41) is 10.4. The summed E-state index contributed by atoms with van der Waals surface area (Å²) in [5.74, 6) is 2.15. The third-order valence-electron chi connectivity index (χ3n) is 8.26. The van der Waals surface area contributed by atoms with Crippen molar-refractivity contribution in [1.82, 2.24) is 19.8 Å². The number of piperidine rings is 1. The SMILES string of the molecule is COc1cc(N2CCC(N3CCN(C)CC3)CC2)ccc1Nc1nc(Nc2ccccc2P(C)C)c2sccc2n1. The first-order valence-corrected chi connectivity index (χ1v) is 17.5. The van der Waals surface area contributed by atoms with Gasteiger partial charge in [0.15, 0.2) is 5.82 Å². The van der Waals surface area contributed by atoms with E-state index in [9.17, 15) is 0 Å². The minimum atomic E-state index is -0.258. The van der Waals surface area contributed by atoms with E-state index in [0.717, 1.165) is 46.2 Å². The maximum Gasteiger partial charge on any atom is 0.229 e. The highest BCUT2D eigenvalue weighted by molar-refractivity contribution is 7.64. The quantitative estimate of drug-likeness (QED) is 0.251. The van der Waals surface area contributed by atoms with Gasteiger partial charge in [0.25, 0.3) is 0 Å². The number of hydrogen-bond donors (Lipinski definition) is 2. The lowest BCUT2D eigenvalue weighted by atomic mass is 10.0. The smallest absolute Gasteiger partial charge is 0.229 e. The van der Waals surface area contributed by atoms with Crippen molar-refractivity contribution in [3.8, 4) is 5.75 Å². The molecule has 0 radical (unpaired) electrons. The molecule has 0 aliphatic carbocycles. The van der Waals surface area contributed by atoms with Crippen molar-refractivity contribution in [2.24, 2.45) is 0 Å². The van der Waals surface area contributed by atoms with Crippen molar-refractivity contribution >= 4 is 63.6 Å². The summed E-state index contributed by atoms with van der Waals surface area (Å²) in [4.78, 5) is 17.3. The van der Waals surface area contributed by atoms with Crippen molar-refractivity contribution in [2.45, 2.75) is 18.9 Å². The third kappa shape index (κ3) is 6.28. The molecule has 2 aromatic heterocycles. The number of piperazine rings is 1. The summed E-state index contributed by atoms with van der Waals surface area (Å²) in [6.45, 7) is 11.4. The monoisotopic (exact) mass is 589 g/mol. The number of fused-ring (bicyclic) bond motifs is 1. The van der Waals surface area contributed by atoms with Crippen molar-refractivity contribution in [3.05, 3.63) is 53.9 Å². The summed E-state index contributed by atoms with van der Waals surface area (Å²) in [6.07, 6.45) is 2.41. The van der Waals surface area contributed by atoms with E-state index in [0.29, 0.717) is 12.0 Å². The van der Waals surface area contributed by atoms with Gasteiger partial charge in [-0.1, -0.05) is 26.1 Å². The fraction of sp³-hybridized carbons (Fsp3) is 0.419. The van der Waals surface area contributed by atoms with Crippen LogP contribution in [0.1, 0.15) is 12.8 Å². The number of likely N-dealkylation sites (N-methyl/N-ethyl adjacent to an activating group) is 1. The molecule has 8 nitrogen and oxygen atoms in total. The second kappa shape index (κ2) is 12.5. The summed E-state index contributed by atoms with van der Waals surface area (Å²) >= 11 is 1.65. The number of anilines is 5. The van der Waals surface area contributed by atoms with E-state index < -0.39 is 0 Å². The van der Waals surface area contributed by atoms with Gasteiger partial charge in [-0.25, -0.2) is 4.98 Å². The lowest BCUT2D eigenvalue weighted by Crippen LogP contribution is -2.52. The van der Waals surface area contributed by atoms with Crippen molar-refractivity contribution in [3.63, 3.8) is 0 Å². The Morgan fingerprint density at radius 1 is 0.902 bits per heavy atom. The summed E-state index contributed by atoms with van der Waals surface area (Å²) in [7, 11) is 3.69. The number of rotatable bonds is 8. The molecule has 0 unspecified atom stereocenters. The van der Waals surface area contributed by atoms with Gasteiger partial charge in [0.1, 0.15) is 5.75 Å². The van der Waals surface area contributed by atoms with Gasteiger partial charge in [0.2, 0.25) is 5.95 Å². The zero-order valence-electron chi connectivity index (χ0n) is 24.4. The maximum atomic E-state index is 5.85. The highest BCUT2D eigenvalue weighted by Gasteiger charge is 2.27. The van der Waals surface area contributed by atoms with E-state index >= 15 is 0 Å². The molecule has 2 saturated heterocycles. The molecular formula is C31H40N7OPS. The number of nitrogens with zero attached hydrogens (tertiary/aromatic N) is 5. The van der Waals surface area contributed by atoms with Crippen molar-refractivity contribution < 1.29 is 4.74 Å². The highest BCUT2D eigenvalue weighted by atomic mass is 32.1. The third-order valence-corrected chi connectivity index (χ3v) is 10.5. The van der Waals surface area contributed by atoms with E-state index in [1.807, 2.05) is 6.07 Å². The van der Waals surface area contributed by atoms with Gasteiger partial charge >= 0.3 is 0 Å². The second-order valence-corrected chi connectivity index (χ2v) is 14.3. The molecule has 4 heterocycles. The molecule has 0 spiro atoms. The highest BCUT2D eigenvalue weighted by Crippen LogP contribution is 2.36. The molecule has 0 atom stereocenters. The number of para-hydroxylation sites is 1. The predicted octanol–water partition coefficient (Wildman–Crippen LogP) is 5.77. The maximum absolute atomic E-state index is 5.85. The Morgan fingerprint density at radius 2 is 1.68 bits per heavy atom. The first-order valence-electron chi connectivity index (χ1n) is 14.4. The number of aromatic nitrogens is 2. The fourth-order valence-corrected chi connectivity index (χ4v) is 7.65. The molecule has 0 amide bonds. The Balaban J connectivity index is 1.18. The van der Waals surface area contributed by atoms with Gasteiger partial charge in [0.05, 0.1) is 23.0 Å². The van der Waals surface area contributed by atoms with Crippen LogP contribution in [0.4, 0.5) is 28.8 Å². The molecule has 41 heavy (non-hydrogen) atoms. The van der Waals surface area contributed by atoms with Gasteiger partial charge in [-0.15, -0.1) is 11.3 Å². The summed E-state index contributed by atoms with van der Waals surface area (Å²) in [6, 6.07) is 17.6. The Labute approximate surface area is 248 Å². The van der Waals surface area contributed by atoms with E-state index in [4.69, 9.17) is 14.7 Å². The second-order valence-electron chi connectivity index (χ2n) is 11.1. The van der Waals surface area contributed by atoms with Crippen LogP contribution < -0.4 is 25.6 Å². The van der Waals surface area contributed by atoms with Crippen LogP contribution in [0.5, 0.6) is 5.75 Å². The molecule has 0 saturated carbocycles. The molecule has 2 aliphatic rings. The van der Waals surface area contributed by atoms with Crippen LogP contribution in [0, 0.1) is 0 Å². The largest absolute Gasteiger partial charge is 0.494 e. The molecule has 4 aromatic rings. The number of benzene rings is 2. The van der Waals surface area contributed by atoms with Crippen LogP contribution in [0.2, 0.25) is 0 Å². The molecule has 10 heteroatoms. The van der Waals surface area contributed by atoms with Gasteiger partial charge in [-0.05, 0) is 68.2 Å². The molecule has 0 bridgehead atoms. The zero-order valence-corrected chi connectivity index (χ0v) is 26.1. The Kier molecular flexibility index (Phi) is 8.58. The van der Waals surface area contributed by atoms with Crippen LogP contribution in [0.15, 0.2) is 53.9 Å². The van der Waals surface area contributed by atoms with Gasteiger partial charge < -0.3 is 25.2 Å². The van der Waals surface area contributed by atoms with Crippen molar-refractivity contribution in [1.29, 1.82) is 0 Å². The Morgan fingerprint density at radius 3 is 2.44 bits per heavy atom. The van der Waals surface area contributed by atoms with Crippen LogP contribution in [0.25, 0.3) is 10.2 Å². The lowest BCUT2D eigenvalue weighted by molar-refractivity contribution is 0.0982. The first-order chi connectivity index (χ1) is 20.0. The molecule has 216 valence electrons. The number of hydrogen-bond acceptors (Lipinski definition) is 9. The minimum Gasteiger partial charge on any atom is -0.494 e. The number of methoxy groups -OCH3 is 1. The average Bonchev–Trinajstić information content (AvgIpc) is 3.47. The van der Waals surface area contributed by atoms with Crippen LogP contribution in [-0.4, -0.2) is 92.6 Å². The predicted molar refractivity (Wildman–Crippen MR) is 176 cm³/mol. The number of ether oxygens (including phenoxy) is 1. The fourth-order valence-electron chi connectivity index (χ4n) is 5.88. The first kappa shape index (κ1) is 28.2. The summed E-state index contributed by atoms with van der Waals surface area (Å²) < 4.78 is 6.89. The molecule has 2 fully saturated rings. The van der Waals surface area contributed by atoms with Crippen LogP contribution in [0.3, 0.4) is 0 Å². The van der Waals surface area contributed by atoms with Crippen LogP contribution in [-0.2, 0) is 0 Å². The molecular weight excluding hydrogens is 549 g/mol. The molecule has 2 aromatic carbocycles. The van der Waals surface area contributed by atoms with Crippen molar-refractivity contribution in [2.75, 3.05) is 82.3 Å². The Hall–Kier alpha value is -2.97. The lowest BCUT2D eigenvalue weighted by Gasteiger charge is -2.42. The summed E-state index contributed by atoms with van der Waals surface area (Å²) in [5.41, 5.74) is 4.08. The number of nitrogens with one attached hydrogen (secondary N) is 2. The van der Waals surface area contributed by atoms with E-state index in [1.54, 1.807) is 18.4 Å². The normalized spacial score (nSPS) is 17.3. The van der Waals surface area contributed by atoms with E-state index in [2.05, 4.69) is 93.6 Å². The minimum absolute atomic E-state index is 0.258. The van der Waals surface area contributed by atoms with Gasteiger partial charge in [-0.2, -0.15) is 4.98 Å². The van der Waals surface area contributed by atoms with E-state index in [1.165, 1.54) is 50.0 Å². The average molecular weight is 590 g/mol. The Bertz CT molecular complexity index is 1480. The van der Waals surface area contributed by atoms with Gasteiger partial charge in [0, 0.05) is 62.8 Å². The van der Waals surface area contributed by atoms with Crippen LogP contribution >= 0.6 is 19.3 Å². The molecule has 6 rings (SSSR count). The standard InChI is InChI=1S/C31H40N7OPS/c1-36-16-18-38(19-17-36)22-11-14-37(15-12-22)23-9-10-24(27(21-23)39-2)33-31-34-26-13-20-41-29(26)30(35-31)32-25-7-5-6-8-28(25)40(3)4/h5-10,13,20-22H,11-12,14-19H2,1-4H3,(H2,32,33,34,35). The zero-order chi connectivity index (χ0) is 28.3. The topological polar surface area (TPSA) is 68.8 Å². The van der Waals surface area contributed by atoms with Gasteiger partial charge in [-0.3, -0.25) is 4.90 Å². The molecule has 2 aliphatic heterocycles. The number of thiophene rings is 1. The van der Waals surface area contributed by atoms with E-state index in [-0.39, 0.29) is 7.92 Å².